The molecule has 0 aliphatic heterocycles. The average molecular weight is 328 g/mol. The lowest BCUT2D eigenvalue weighted by atomic mass is 10.3. The first-order chi connectivity index (χ1) is 8.97. The molecule has 0 aliphatic rings. The Bertz CT molecular complexity index is 651. The van der Waals surface area contributed by atoms with Gasteiger partial charge >= 0.3 is 5.69 Å². The van der Waals surface area contributed by atoms with Crippen molar-refractivity contribution >= 4 is 27.4 Å². The van der Waals surface area contributed by atoms with Crippen LogP contribution in [0, 0.1) is 15.9 Å². The molecule has 0 radical (unpaired) electrons. The number of nitrogens with zero attached hydrogens (tertiary/aromatic N) is 2. The maximum atomic E-state index is 13.1. The third kappa shape index (κ3) is 2.97. The summed E-state index contributed by atoms with van der Waals surface area (Å²) in [5.41, 5.74) is 5.11. The molecule has 2 N–H and O–H groups in total. The topological polar surface area (TPSA) is 91.3 Å². The summed E-state index contributed by atoms with van der Waals surface area (Å²) in [5.74, 6) is -0.515. The molecule has 8 heteroatoms. The Morgan fingerprint density at radius 1 is 1.37 bits per heavy atom. The summed E-state index contributed by atoms with van der Waals surface area (Å²) >= 11 is 3.19. The van der Waals surface area contributed by atoms with Gasteiger partial charge in [-0.15, -0.1) is 0 Å². The number of ether oxygens (including phenoxy) is 1. The van der Waals surface area contributed by atoms with Gasteiger partial charge in [-0.3, -0.25) is 10.1 Å². The number of nitrogen functional groups attached to an aromatic ring is 1. The van der Waals surface area contributed by atoms with Crippen LogP contribution in [0.1, 0.15) is 0 Å². The molecular weight excluding hydrogens is 321 g/mol. The van der Waals surface area contributed by atoms with Crippen LogP contribution in [0.3, 0.4) is 0 Å². The molecule has 1 heterocycles. The predicted octanol–water partition coefficient (Wildman–Crippen LogP) is 3.27. The standard InChI is InChI=1S/C11H7BrFN3O3/c12-7-2-1-6(13)5-9(7)19-10-4-3-8(16(17)18)11(14)15-10/h1-5H,(H2,14,15). The van der Waals surface area contributed by atoms with E-state index in [9.17, 15) is 14.5 Å². The fourth-order valence-electron chi connectivity index (χ4n) is 1.33. The number of nitro groups is 1. The Kier molecular flexibility index (Phi) is 3.61. The zero-order chi connectivity index (χ0) is 14.0. The Balaban J connectivity index is 2.31. The van der Waals surface area contributed by atoms with Crippen LogP contribution in [-0.2, 0) is 0 Å². The van der Waals surface area contributed by atoms with Gasteiger partial charge in [-0.05, 0) is 28.1 Å². The monoisotopic (exact) mass is 327 g/mol. The zero-order valence-electron chi connectivity index (χ0n) is 9.34. The number of rotatable bonds is 3. The minimum absolute atomic E-state index is 0.0365. The highest BCUT2D eigenvalue weighted by atomic mass is 79.9. The van der Waals surface area contributed by atoms with Crippen molar-refractivity contribution < 1.29 is 14.1 Å². The summed E-state index contributed by atoms with van der Waals surface area (Å²) < 4.78 is 18.9. The second-order valence-electron chi connectivity index (χ2n) is 3.49. The lowest BCUT2D eigenvalue weighted by Gasteiger charge is -2.07. The molecule has 1 aromatic heterocycles. The SMILES string of the molecule is Nc1nc(Oc2cc(F)ccc2Br)ccc1[N+](=O)[O-]. The van der Waals surface area contributed by atoms with Gasteiger partial charge in [0.25, 0.3) is 0 Å². The second-order valence-corrected chi connectivity index (χ2v) is 4.34. The lowest BCUT2D eigenvalue weighted by Crippen LogP contribution is -1.99. The molecule has 0 unspecified atom stereocenters. The second kappa shape index (κ2) is 5.19. The highest BCUT2D eigenvalue weighted by Gasteiger charge is 2.14. The van der Waals surface area contributed by atoms with E-state index in [1.807, 2.05) is 0 Å². The average Bonchev–Trinajstić information content (AvgIpc) is 2.33. The maximum absolute atomic E-state index is 13.1. The smallest absolute Gasteiger partial charge is 0.311 e. The quantitative estimate of drug-likeness (QED) is 0.690. The van der Waals surface area contributed by atoms with Gasteiger partial charge in [-0.1, -0.05) is 0 Å². The summed E-state index contributed by atoms with van der Waals surface area (Å²) in [6.07, 6.45) is 0. The molecule has 0 fully saturated rings. The number of hydrogen-bond donors (Lipinski definition) is 1. The lowest BCUT2D eigenvalue weighted by molar-refractivity contribution is -0.384. The normalized spacial score (nSPS) is 10.2. The third-order valence-electron chi connectivity index (χ3n) is 2.18. The molecule has 2 rings (SSSR count). The molecule has 0 bridgehead atoms. The third-order valence-corrected chi connectivity index (χ3v) is 2.84. The van der Waals surface area contributed by atoms with Gasteiger partial charge < -0.3 is 10.5 Å². The van der Waals surface area contributed by atoms with Gasteiger partial charge in [0.05, 0.1) is 9.40 Å². The highest BCUT2D eigenvalue weighted by molar-refractivity contribution is 9.10. The van der Waals surface area contributed by atoms with Crippen molar-refractivity contribution in [2.24, 2.45) is 0 Å². The number of pyridine rings is 1. The van der Waals surface area contributed by atoms with E-state index in [0.29, 0.717) is 4.47 Å². The Hall–Kier alpha value is -2.22. The van der Waals surface area contributed by atoms with E-state index in [4.69, 9.17) is 10.5 Å². The van der Waals surface area contributed by atoms with Crippen molar-refractivity contribution in [1.29, 1.82) is 0 Å². The molecule has 1 aromatic carbocycles. The summed E-state index contributed by atoms with van der Waals surface area (Å²) in [7, 11) is 0. The van der Waals surface area contributed by atoms with Gasteiger partial charge in [0.15, 0.2) is 0 Å². The number of aromatic nitrogens is 1. The van der Waals surface area contributed by atoms with Gasteiger partial charge in [0, 0.05) is 18.2 Å². The van der Waals surface area contributed by atoms with Crippen LogP contribution in [0.2, 0.25) is 0 Å². The number of nitrogens with two attached hydrogens (primary N) is 1. The minimum Gasteiger partial charge on any atom is -0.438 e. The summed E-state index contributed by atoms with van der Waals surface area (Å²) in [6, 6.07) is 6.34. The van der Waals surface area contributed by atoms with Crippen LogP contribution in [0.4, 0.5) is 15.9 Å². The van der Waals surface area contributed by atoms with E-state index in [-0.39, 0.29) is 23.1 Å². The Labute approximate surface area is 115 Å². The van der Waals surface area contributed by atoms with E-state index in [0.717, 1.165) is 6.07 Å². The summed E-state index contributed by atoms with van der Waals surface area (Å²) in [4.78, 5) is 13.7. The fourth-order valence-corrected chi connectivity index (χ4v) is 1.66. The molecule has 0 saturated heterocycles. The van der Waals surface area contributed by atoms with E-state index in [1.165, 1.54) is 24.3 Å². The van der Waals surface area contributed by atoms with Crippen LogP contribution in [0.25, 0.3) is 0 Å². The molecule has 0 amide bonds. The van der Waals surface area contributed by atoms with Crippen LogP contribution >= 0.6 is 15.9 Å². The summed E-state index contributed by atoms with van der Waals surface area (Å²) in [5, 5.41) is 10.6. The van der Waals surface area contributed by atoms with Crippen molar-refractivity contribution in [1.82, 2.24) is 4.98 Å². The fraction of sp³-hybridized carbons (Fsp3) is 0. The summed E-state index contributed by atoms with van der Waals surface area (Å²) in [6.45, 7) is 0. The molecule has 98 valence electrons. The van der Waals surface area contributed by atoms with Crippen molar-refractivity contribution in [2.75, 3.05) is 5.73 Å². The van der Waals surface area contributed by atoms with Gasteiger partial charge in [0.1, 0.15) is 11.6 Å². The molecule has 0 aliphatic carbocycles. The van der Waals surface area contributed by atoms with Crippen LogP contribution in [0.15, 0.2) is 34.8 Å². The van der Waals surface area contributed by atoms with Crippen molar-refractivity contribution in [2.45, 2.75) is 0 Å². The van der Waals surface area contributed by atoms with E-state index in [2.05, 4.69) is 20.9 Å². The number of anilines is 1. The van der Waals surface area contributed by atoms with Gasteiger partial charge in [0.2, 0.25) is 11.7 Å². The Morgan fingerprint density at radius 2 is 2.11 bits per heavy atom. The molecule has 0 saturated carbocycles. The first-order valence-corrected chi connectivity index (χ1v) is 5.80. The molecule has 19 heavy (non-hydrogen) atoms. The van der Waals surface area contributed by atoms with E-state index in [1.54, 1.807) is 0 Å². The van der Waals surface area contributed by atoms with Gasteiger partial charge in [-0.25, -0.2) is 4.39 Å². The Morgan fingerprint density at radius 3 is 2.74 bits per heavy atom. The largest absolute Gasteiger partial charge is 0.438 e. The minimum atomic E-state index is -0.649. The zero-order valence-corrected chi connectivity index (χ0v) is 10.9. The van der Waals surface area contributed by atoms with E-state index < -0.39 is 10.7 Å². The van der Waals surface area contributed by atoms with Crippen molar-refractivity contribution in [3.8, 4) is 11.6 Å². The highest BCUT2D eigenvalue weighted by Crippen LogP contribution is 2.31. The van der Waals surface area contributed by atoms with E-state index >= 15 is 0 Å². The molecular formula is C11H7BrFN3O3. The van der Waals surface area contributed by atoms with Crippen molar-refractivity contribution in [3.05, 3.63) is 50.7 Å². The number of benzene rings is 1. The van der Waals surface area contributed by atoms with Crippen LogP contribution in [0.5, 0.6) is 11.6 Å². The molecule has 2 aromatic rings. The molecule has 0 spiro atoms. The molecule has 6 nitrogen and oxygen atoms in total. The maximum Gasteiger partial charge on any atom is 0.311 e. The molecule has 0 atom stereocenters. The van der Waals surface area contributed by atoms with Crippen LogP contribution < -0.4 is 10.5 Å². The number of halogens is 2. The predicted molar refractivity (Wildman–Crippen MR) is 69.5 cm³/mol. The first-order valence-electron chi connectivity index (χ1n) is 5.01. The first kappa shape index (κ1) is 13.2. The van der Waals surface area contributed by atoms with Crippen LogP contribution in [-0.4, -0.2) is 9.91 Å². The van der Waals surface area contributed by atoms with Gasteiger partial charge in [-0.2, -0.15) is 4.98 Å². The number of hydrogen-bond acceptors (Lipinski definition) is 5. The van der Waals surface area contributed by atoms with Crippen molar-refractivity contribution in [3.63, 3.8) is 0 Å².